The van der Waals surface area contributed by atoms with E-state index in [0.717, 1.165) is 62.8 Å². The Morgan fingerprint density at radius 3 is 2.72 bits per heavy atom. The third kappa shape index (κ3) is 4.82. The van der Waals surface area contributed by atoms with Gasteiger partial charge in [0.05, 0.1) is 11.4 Å². The summed E-state index contributed by atoms with van der Waals surface area (Å²) in [6, 6.07) is 3.97. The molecule has 0 unspecified atom stereocenters. The number of amides is 2. The van der Waals surface area contributed by atoms with E-state index in [4.69, 9.17) is 4.52 Å². The average molecular weight is 346 g/mol. The first-order valence-electron chi connectivity index (χ1n) is 8.77. The van der Waals surface area contributed by atoms with Crippen LogP contribution in [-0.4, -0.2) is 63.5 Å². The maximum Gasteiger partial charge on any atom is 0.317 e. The second kappa shape index (κ2) is 8.15. The summed E-state index contributed by atoms with van der Waals surface area (Å²) in [4.78, 5) is 16.4. The maximum atomic E-state index is 12.3. The molecule has 0 aromatic carbocycles. The van der Waals surface area contributed by atoms with Crippen molar-refractivity contribution in [3.63, 3.8) is 0 Å². The highest BCUT2D eigenvalue weighted by Crippen LogP contribution is 2.07. The first kappa shape index (κ1) is 17.5. The number of aromatic nitrogens is 3. The molecule has 1 fully saturated rings. The predicted molar refractivity (Wildman–Crippen MR) is 93.1 cm³/mol. The van der Waals surface area contributed by atoms with E-state index >= 15 is 0 Å². The lowest BCUT2D eigenvalue weighted by Gasteiger charge is -2.34. The third-order valence-corrected chi connectivity index (χ3v) is 4.46. The molecule has 1 N–H and O–H groups in total. The van der Waals surface area contributed by atoms with Gasteiger partial charge in [-0.3, -0.25) is 9.58 Å². The van der Waals surface area contributed by atoms with Gasteiger partial charge in [-0.15, -0.1) is 0 Å². The molecule has 0 saturated carbocycles. The van der Waals surface area contributed by atoms with Crippen LogP contribution in [0.3, 0.4) is 0 Å². The predicted octanol–water partition coefficient (Wildman–Crippen LogP) is 1.41. The Balaban J connectivity index is 1.33. The van der Waals surface area contributed by atoms with Gasteiger partial charge < -0.3 is 14.7 Å². The van der Waals surface area contributed by atoms with Crippen molar-refractivity contribution in [2.45, 2.75) is 33.4 Å². The Morgan fingerprint density at radius 2 is 2.08 bits per heavy atom. The monoisotopic (exact) mass is 346 g/mol. The van der Waals surface area contributed by atoms with Crippen LogP contribution in [0.2, 0.25) is 0 Å². The molecule has 2 aromatic rings. The Hall–Kier alpha value is -2.35. The van der Waals surface area contributed by atoms with Gasteiger partial charge in [-0.05, 0) is 26.3 Å². The highest BCUT2D eigenvalue weighted by molar-refractivity contribution is 5.74. The molecule has 2 aromatic heterocycles. The molecule has 3 rings (SSSR count). The van der Waals surface area contributed by atoms with Gasteiger partial charge in [-0.1, -0.05) is 5.16 Å². The molecular weight excluding hydrogens is 320 g/mol. The highest BCUT2D eigenvalue weighted by Gasteiger charge is 2.21. The first-order chi connectivity index (χ1) is 12.1. The minimum absolute atomic E-state index is 0.0226. The number of nitrogens with zero attached hydrogens (tertiary/aromatic N) is 5. The summed E-state index contributed by atoms with van der Waals surface area (Å²) in [7, 11) is 0. The van der Waals surface area contributed by atoms with Gasteiger partial charge in [0.1, 0.15) is 6.26 Å². The van der Waals surface area contributed by atoms with Crippen LogP contribution < -0.4 is 5.32 Å². The fourth-order valence-corrected chi connectivity index (χ4v) is 3.09. The fourth-order valence-electron chi connectivity index (χ4n) is 3.09. The molecule has 0 atom stereocenters. The number of nitrogens with one attached hydrogen (secondary N) is 1. The second-order valence-corrected chi connectivity index (χ2v) is 6.49. The molecule has 8 nitrogen and oxygen atoms in total. The van der Waals surface area contributed by atoms with Crippen molar-refractivity contribution in [1.29, 1.82) is 0 Å². The molecule has 8 heteroatoms. The van der Waals surface area contributed by atoms with E-state index in [9.17, 15) is 4.79 Å². The van der Waals surface area contributed by atoms with Crippen LogP contribution >= 0.6 is 0 Å². The molecule has 0 aliphatic carbocycles. The van der Waals surface area contributed by atoms with Crippen molar-refractivity contribution in [3.8, 4) is 0 Å². The number of piperazine rings is 1. The second-order valence-electron chi connectivity index (χ2n) is 6.49. The zero-order valence-electron chi connectivity index (χ0n) is 14.9. The van der Waals surface area contributed by atoms with E-state index in [1.807, 2.05) is 22.6 Å². The molecule has 2 amide bonds. The SMILES string of the molecule is Cc1cc(C)n(CCCNC(=O)N2CCN(Cc3ccon3)CC2)n1. The van der Waals surface area contributed by atoms with Crippen LogP contribution in [0.1, 0.15) is 23.5 Å². The average Bonchev–Trinajstić information content (AvgIpc) is 3.21. The lowest BCUT2D eigenvalue weighted by atomic mass is 10.3. The summed E-state index contributed by atoms with van der Waals surface area (Å²) in [6.45, 7) is 9.49. The zero-order chi connectivity index (χ0) is 17.6. The Morgan fingerprint density at radius 1 is 1.28 bits per heavy atom. The Labute approximate surface area is 147 Å². The molecule has 1 aliphatic rings. The summed E-state index contributed by atoms with van der Waals surface area (Å²) >= 11 is 0. The maximum absolute atomic E-state index is 12.3. The lowest BCUT2D eigenvalue weighted by molar-refractivity contribution is 0.133. The molecule has 1 saturated heterocycles. The number of carbonyl (C=O) groups is 1. The van der Waals surface area contributed by atoms with Crippen LogP contribution in [0, 0.1) is 13.8 Å². The minimum atomic E-state index is 0.0226. The van der Waals surface area contributed by atoms with Gasteiger partial charge in [-0.2, -0.15) is 5.10 Å². The molecule has 136 valence electrons. The van der Waals surface area contributed by atoms with Crippen LogP contribution in [-0.2, 0) is 13.1 Å². The smallest absolute Gasteiger partial charge is 0.317 e. The van der Waals surface area contributed by atoms with Crippen molar-refractivity contribution in [3.05, 3.63) is 35.5 Å². The van der Waals surface area contributed by atoms with Gasteiger partial charge in [0, 0.05) is 57.6 Å². The summed E-state index contributed by atoms with van der Waals surface area (Å²) < 4.78 is 6.84. The number of hydrogen-bond donors (Lipinski definition) is 1. The van der Waals surface area contributed by atoms with Gasteiger partial charge >= 0.3 is 6.03 Å². The lowest BCUT2D eigenvalue weighted by Crippen LogP contribution is -2.51. The van der Waals surface area contributed by atoms with E-state index in [1.54, 1.807) is 6.26 Å². The van der Waals surface area contributed by atoms with Crippen LogP contribution in [0.4, 0.5) is 4.79 Å². The minimum Gasteiger partial charge on any atom is -0.364 e. The van der Waals surface area contributed by atoms with E-state index in [2.05, 4.69) is 33.5 Å². The van der Waals surface area contributed by atoms with Gasteiger partial charge in [0.2, 0.25) is 0 Å². The summed E-state index contributed by atoms with van der Waals surface area (Å²) in [5, 5.41) is 11.4. The molecule has 0 radical (unpaired) electrons. The summed E-state index contributed by atoms with van der Waals surface area (Å²) in [6.07, 6.45) is 2.46. The van der Waals surface area contributed by atoms with Crippen molar-refractivity contribution in [2.24, 2.45) is 0 Å². The van der Waals surface area contributed by atoms with Crippen LogP contribution in [0.5, 0.6) is 0 Å². The van der Waals surface area contributed by atoms with Crippen molar-refractivity contribution in [2.75, 3.05) is 32.7 Å². The largest absolute Gasteiger partial charge is 0.364 e. The normalized spacial score (nSPS) is 15.5. The third-order valence-electron chi connectivity index (χ3n) is 4.46. The summed E-state index contributed by atoms with van der Waals surface area (Å²) in [5.41, 5.74) is 3.12. The standard InChI is InChI=1S/C17H26N6O2/c1-14-12-15(2)23(19-14)6-3-5-18-17(24)22-9-7-21(8-10-22)13-16-4-11-25-20-16/h4,11-12H,3,5-10,13H2,1-2H3,(H,18,24). The Kier molecular flexibility index (Phi) is 5.70. The fraction of sp³-hybridized carbons (Fsp3) is 0.588. The molecular formula is C17H26N6O2. The topological polar surface area (TPSA) is 79.4 Å². The van der Waals surface area contributed by atoms with E-state index < -0.39 is 0 Å². The number of urea groups is 1. The zero-order valence-corrected chi connectivity index (χ0v) is 14.9. The van der Waals surface area contributed by atoms with Gasteiger partial charge in [0.25, 0.3) is 0 Å². The molecule has 1 aliphatic heterocycles. The van der Waals surface area contributed by atoms with Gasteiger partial charge in [0.15, 0.2) is 0 Å². The Bertz CT molecular complexity index is 673. The van der Waals surface area contributed by atoms with Crippen molar-refractivity contribution in [1.82, 2.24) is 30.1 Å². The van der Waals surface area contributed by atoms with Crippen molar-refractivity contribution >= 4 is 6.03 Å². The molecule has 0 bridgehead atoms. The van der Waals surface area contributed by atoms with E-state index in [-0.39, 0.29) is 6.03 Å². The number of hydrogen-bond acceptors (Lipinski definition) is 5. The van der Waals surface area contributed by atoms with Crippen molar-refractivity contribution < 1.29 is 9.32 Å². The molecule has 0 spiro atoms. The van der Waals surface area contributed by atoms with E-state index in [0.29, 0.717) is 6.54 Å². The quantitative estimate of drug-likeness (QED) is 0.800. The highest BCUT2D eigenvalue weighted by atomic mass is 16.5. The van der Waals surface area contributed by atoms with Gasteiger partial charge in [-0.25, -0.2) is 4.79 Å². The summed E-state index contributed by atoms with van der Waals surface area (Å²) in [5.74, 6) is 0. The number of rotatable bonds is 6. The number of carbonyl (C=O) groups excluding carboxylic acids is 1. The molecule has 25 heavy (non-hydrogen) atoms. The van der Waals surface area contributed by atoms with Crippen LogP contribution in [0.25, 0.3) is 0 Å². The van der Waals surface area contributed by atoms with Crippen LogP contribution in [0.15, 0.2) is 22.9 Å². The first-order valence-corrected chi connectivity index (χ1v) is 8.77. The molecule has 3 heterocycles. The van der Waals surface area contributed by atoms with E-state index in [1.165, 1.54) is 0 Å². The number of aryl methyl sites for hydroxylation is 3.